The third-order valence-corrected chi connectivity index (χ3v) is 7.57. The third kappa shape index (κ3) is 5.34. The molecule has 3 N–H and O–H groups in total. The molecule has 0 amide bonds. The number of nitrogens with two attached hydrogens (primary N) is 1. The number of rotatable bonds is 9. The van der Waals surface area contributed by atoms with E-state index in [0.717, 1.165) is 54.6 Å². The van der Waals surface area contributed by atoms with Gasteiger partial charge in [0, 0.05) is 36.5 Å². The number of nitrogens with zero attached hydrogens (tertiary/aromatic N) is 4. The van der Waals surface area contributed by atoms with Crippen LogP contribution in [0.3, 0.4) is 0 Å². The highest BCUT2D eigenvalue weighted by Crippen LogP contribution is 2.30. The van der Waals surface area contributed by atoms with Gasteiger partial charge in [0.25, 0.3) is 0 Å². The van der Waals surface area contributed by atoms with Gasteiger partial charge in [-0.1, -0.05) is 0 Å². The minimum Gasteiger partial charge on any atom is -0.484 e. The summed E-state index contributed by atoms with van der Waals surface area (Å²) >= 11 is 0. The van der Waals surface area contributed by atoms with Crippen LogP contribution in [0.2, 0.25) is 0 Å². The molecule has 2 aliphatic heterocycles. The Labute approximate surface area is 229 Å². The molecule has 2 aromatic carbocycles. The number of halogens is 2. The fraction of sp³-hybridized carbons (Fsp3) is 0.345. The molecule has 208 valence electrons. The number of carboxylic acid groups (broad SMARTS) is 1. The molecule has 0 spiro atoms. The predicted molar refractivity (Wildman–Crippen MR) is 143 cm³/mol. The molecule has 0 bridgehead atoms. The first-order chi connectivity index (χ1) is 19.3. The zero-order valence-electron chi connectivity index (χ0n) is 21.7. The van der Waals surface area contributed by atoms with Crippen molar-refractivity contribution in [3.8, 4) is 5.75 Å². The van der Waals surface area contributed by atoms with Crippen molar-refractivity contribution in [3.63, 3.8) is 0 Å². The zero-order chi connectivity index (χ0) is 27.8. The number of likely N-dealkylation sites (tertiary alicyclic amines) is 1. The molecule has 0 radical (unpaired) electrons. The van der Waals surface area contributed by atoms with Crippen LogP contribution < -0.4 is 10.5 Å². The number of aromatic carboxylic acids is 1. The summed E-state index contributed by atoms with van der Waals surface area (Å²) in [5.74, 6) is -1.19. The van der Waals surface area contributed by atoms with Crippen LogP contribution in [-0.4, -0.2) is 56.3 Å². The molecule has 2 atom stereocenters. The lowest BCUT2D eigenvalue weighted by Gasteiger charge is -2.28. The van der Waals surface area contributed by atoms with Gasteiger partial charge in [0.1, 0.15) is 23.9 Å². The monoisotopic (exact) mass is 549 g/mol. The van der Waals surface area contributed by atoms with Crippen molar-refractivity contribution >= 4 is 22.7 Å². The third-order valence-electron chi connectivity index (χ3n) is 7.57. The summed E-state index contributed by atoms with van der Waals surface area (Å²) in [6.45, 7) is 3.22. The maximum Gasteiger partial charge on any atom is 0.335 e. The number of imidazole rings is 1. The van der Waals surface area contributed by atoms with Gasteiger partial charge in [-0.05, 0) is 61.9 Å². The van der Waals surface area contributed by atoms with E-state index in [1.54, 1.807) is 24.3 Å². The SMILES string of the molecule is Nc1ccc(OCc2nc([C@H]3CCN(Cc4nc5ccc(C(=O)O)cc5n4C[C@@H]4CCO4)C3)ccc2F)c(F)c1. The lowest BCUT2D eigenvalue weighted by atomic mass is 10.0. The lowest BCUT2D eigenvalue weighted by molar-refractivity contribution is -0.0591. The summed E-state index contributed by atoms with van der Waals surface area (Å²) in [7, 11) is 0. The normalized spacial score (nSPS) is 19.1. The van der Waals surface area contributed by atoms with E-state index in [4.69, 9.17) is 20.2 Å². The van der Waals surface area contributed by atoms with Gasteiger partial charge in [0.2, 0.25) is 0 Å². The highest BCUT2D eigenvalue weighted by Gasteiger charge is 2.28. The van der Waals surface area contributed by atoms with Crippen LogP contribution in [0, 0.1) is 11.6 Å². The van der Waals surface area contributed by atoms with Gasteiger partial charge < -0.3 is 24.9 Å². The number of benzene rings is 2. The summed E-state index contributed by atoms with van der Waals surface area (Å²) < 4.78 is 41.8. The van der Waals surface area contributed by atoms with Gasteiger partial charge in [-0.2, -0.15) is 0 Å². The molecule has 2 fully saturated rings. The molecule has 0 saturated carbocycles. The van der Waals surface area contributed by atoms with Crippen molar-refractivity contribution in [1.29, 1.82) is 0 Å². The Morgan fingerprint density at radius 3 is 2.70 bits per heavy atom. The van der Waals surface area contributed by atoms with Crippen molar-refractivity contribution < 1.29 is 28.2 Å². The van der Waals surface area contributed by atoms with Crippen molar-refractivity contribution in [2.75, 3.05) is 25.4 Å². The van der Waals surface area contributed by atoms with E-state index in [-0.39, 0.29) is 41.3 Å². The molecule has 2 aromatic heterocycles. The predicted octanol–water partition coefficient (Wildman–Crippen LogP) is 4.35. The summed E-state index contributed by atoms with van der Waals surface area (Å²) in [5, 5.41) is 9.48. The van der Waals surface area contributed by atoms with Crippen LogP contribution in [-0.2, 0) is 24.4 Å². The second-order valence-electron chi connectivity index (χ2n) is 10.3. The molecule has 4 aromatic rings. The van der Waals surface area contributed by atoms with Crippen molar-refractivity contribution in [3.05, 3.63) is 82.9 Å². The zero-order valence-corrected chi connectivity index (χ0v) is 21.7. The Kier molecular flexibility index (Phi) is 7.07. The van der Waals surface area contributed by atoms with Crippen molar-refractivity contribution in [2.24, 2.45) is 0 Å². The first-order valence-corrected chi connectivity index (χ1v) is 13.2. The van der Waals surface area contributed by atoms with E-state index in [1.165, 1.54) is 18.2 Å². The molecular weight excluding hydrogens is 520 g/mol. The fourth-order valence-corrected chi connectivity index (χ4v) is 5.29. The number of carbonyl (C=O) groups is 1. The largest absolute Gasteiger partial charge is 0.484 e. The van der Waals surface area contributed by atoms with Crippen LogP contribution in [0.15, 0.2) is 48.5 Å². The highest BCUT2D eigenvalue weighted by atomic mass is 19.1. The van der Waals surface area contributed by atoms with Gasteiger partial charge in [0.15, 0.2) is 11.6 Å². The number of ether oxygens (including phenoxy) is 2. The van der Waals surface area contributed by atoms with Crippen LogP contribution in [0.4, 0.5) is 14.5 Å². The van der Waals surface area contributed by atoms with Crippen LogP contribution in [0.25, 0.3) is 11.0 Å². The molecule has 11 heteroatoms. The highest BCUT2D eigenvalue weighted by molar-refractivity contribution is 5.92. The first kappa shape index (κ1) is 26.1. The maximum absolute atomic E-state index is 14.5. The molecule has 0 unspecified atom stereocenters. The second kappa shape index (κ2) is 10.8. The Morgan fingerprint density at radius 1 is 1.10 bits per heavy atom. The number of pyridine rings is 1. The van der Waals surface area contributed by atoms with E-state index >= 15 is 0 Å². The number of fused-ring (bicyclic) bond motifs is 1. The summed E-state index contributed by atoms with van der Waals surface area (Å²) in [6, 6.07) is 12.1. The number of hydrogen-bond donors (Lipinski definition) is 2. The topological polar surface area (TPSA) is 116 Å². The molecule has 40 heavy (non-hydrogen) atoms. The van der Waals surface area contributed by atoms with Crippen molar-refractivity contribution in [1.82, 2.24) is 19.4 Å². The minimum atomic E-state index is -0.978. The fourth-order valence-electron chi connectivity index (χ4n) is 5.29. The Balaban J connectivity index is 1.17. The summed E-state index contributed by atoms with van der Waals surface area (Å²) in [4.78, 5) is 23.2. The van der Waals surface area contributed by atoms with Gasteiger partial charge in [-0.25, -0.2) is 18.6 Å². The number of carboxylic acids is 1. The van der Waals surface area contributed by atoms with E-state index in [9.17, 15) is 18.7 Å². The van der Waals surface area contributed by atoms with Crippen LogP contribution in [0.5, 0.6) is 5.75 Å². The number of aromatic nitrogens is 3. The number of hydrogen-bond acceptors (Lipinski definition) is 7. The number of nitrogen functional groups attached to an aromatic ring is 1. The summed E-state index contributed by atoms with van der Waals surface area (Å²) in [5.41, 5.74) is 8.47. The van der Waals surface area contributed by atoms with E-state index in [0.29, 0.717) is 19.6 Å². The van der Waals surface area contributed by atoms with Gasteiger partial charge in [0.05, 0.1) is 35.8 Å². The van der Waals surface area contributed by atoms with Crippen molar-refractivity contribution in [2.45, 2.75) is 44.6 Å². The van der Waals surface area contributed by atoms with Gasteiger partial charge >= 0.3 is 5.97 Å². The quantitative estimate of drug-likeness (QED) is 0.296. The number of anilines is 1. The van der Waals surface area contributed by atoms with E-state index in [2.05, 4.69) is 14.5 Å². The standard InChI is InChI=1S/C29H29F2N5O4/c30-21-3-5-23(33-25(21)16-40-27-6-2-19(32)12-22(27)31)18-7-9-35(13-18)15-28-34-24-4-1-17(29(37)38)11-26(24)36(28)14-20-8-10-39-20/h1-6,11-12,18,20H,7-10,13-16,32H2,(H,37,38)/t18-,20-/m0/s1. The molecule has 2 aliphatic rings. The first-order valence-electron chi connectivity index (χ1n) is 13.2. The van der Waals surface area contributed by atoms with E-state index in [1.807, 2.05) is 0 Å². The van der Waals surface area contributed by atoms with Crippen LogP contribution >= 0.6 is 0 Å². The molecule has 0 aliphatic carbocycles. The molecule has 6 rings (SSSR count). The maximum atomic E-state index is 14.5. The lowest BCUT2D eigenvalue weighted by Crippen LogP contribution is -2.32. The molecule has 9 nitrogen and oxygen atoms in total. The summed E-state index contributed by atoms with van der Waals surface area (Å²) in [6.07, 6.45) is 1.87. The Hall–Kier alpha value is -4.09. The van der Waals surface area contributed by atoms with Gasteiger partial charge in [-0.15, -0.1) is 0 Å². The molecule has 4 heterocycles. The average molecular weight is 550 g/mol. The molecular formula is C29H29F2N5O4. The Bertz CT molecular complexity index is 1570. The van der Waals surface area contributed by atoms with E-state index < -0.39 is 17.6 Å². The average Bonchev–Trinajstić information content (AvgIpc) is 3.50. The van der Waals surface area contributed by atoms with Crippen LogP contribution in [0.1, 0.15) is 46.3 Å². The molecule has 2 saturated heterocycles. The Morgan fingerprint density at radius 2 is 1.95 bits per heavy atom. The minimum absolute atomic E-state index is 0.0153. The van der Waals surface area contributed by atoms with Gasteiger partial charge in [-0.3, -0.25) is 9.88 Å². The second-order valence-corrected chi connectivity index (χ2v) is 10.3. The smallest absolute Gasteiger partial charge is 0.335 e.